The Morgan fingerprint density at radius 3 is 1.21 bits per heavy atom. The molecule has 0 saturated heterocycles. The summed E-state index contributed by atoms with van der Waals surface area (Å²) < 4.78 is 0. The van der Waals surface area contributed by atoms with Crippen molar-refractivity contribution in [2.75, 3.05) is 0 Å². The van der Waals surface area contributed by atoms with Crippen molar-refractivity contribution >= 4 is 24.3 Å². The third-order valence-electron chi connectivity index (χ3n) is 1.90. The summed E-state index contributed by atoms with van der Waals surface area (Å²) in [7, 11) is 0. The summed E-state index contributed by atoms with van der Waals surface area (Å²) in [6, 6.07) is 0. The first-order valence-electron chi connectivity index (χ1n) is 4.18. The standard InChI is InChI=1S/C12H12N2/c1-5-9-10(6-2)12(8-4)14-13-11(9)7-3/h5-8H,1-4H2. The number of nitrogens with zero attached hydrogens (tertiary/aromatic N) is 2. The van der Waals surface area contributed by atoms with Gasteiger partial charge >= 0.3 is 0 Å². The lowest BCUT2D eigenvalue weighted by Gasteiger charge is -2.06. The van der Waals surface area contributed by atoms with E-state index in [4.69, 9.17) is 0 Å². The van der Waals surface area contributed by atoms with E-state index in [0.29, 0.717) is 11.4 Å². The van der Waals surface area contributed by atoms with Crippen LogP contribution in [-0.2, 0) is 0 Å². The molecule has 1 aromatic rings. The van der Waals surface area contributed by atoms with Gasteiger partial charge in [-0.15, -0.1) is 10.2 Å². The van der Waals surface area contributed by atoms with Crippen molar-refractivity contribution in [2.45, 2.75) is 0 Å². The summed E-state index contributed by atoms with van der Waals surface area (Å²) in [5.41, 5.74) is 3.20. The molecule has 0 aliphatic heterocycles. The highest BCUT2D eigenvalue weighted by Crippen LogP contribution is 2.19. The van der Waals surface area contributed by atoms with Gasteiger partial charge in [0.15, 0.2) is 0 Å². The van der Waals surface area contributed by atoms with Crippen LogP contribution in [0.5, 0.6) is 0 Å². The van der Waals surface area contributed by atoms with Gasteiger partial charge in [0.2, 0.25) is 0 Å². The van der Waals surface area contributed by atoms with E-state index in [1.807, 2.05) is 0 Å². The molecule has 14 heavy (non-hydrogen) atoms. The summed E-state index contributed by atoms with van der Waals surface area (Å²) in [6.07, 6.45) is 6.72. The van der Waals surface area contributed by atoms with Gasteiger partial charge in [-0.1, -0.05) is 38.5 Å². The molecule has 0 aliphatic carbocycles. The SMILES string of the molecule is C=Cc1nnc(C=C)c(C=C)c1C=C. The minimum absolute atomic E-state index is 0.709. The van der Waals surface area contributed by atoms with E-state index in [0.717, 1.165) is 11.1 Å². The smallest absolute Gasteiger partial charge is 0.0930 e. The van der Waals surface area contributed by atoms with Crippen LogP contribution in [0.4, 0.5) is 0 Å². The first kappa shape index (κ1) is 10.1. The molecule has 0 aromatic carbocycles. The quantitative estimate of drug-likeness (QED) is 0.718. The van der Waals surface area contributed by atoms with Gasteiger partial charge in [-0.3, -0.25) is 0 Å². The van der Waals surface area contributed by atoms with Crippen LogP contribution in [0.3, 0.4) is 0 Å². The van der Waals surface area contributed by atoms with E-state index >= 15 is 0 Å². The molecule has 0 saturated carbocycles. The van der Waals surface area contributed by atoms with Crippen molar-refractivity contribution in [1.82, 2.24) is 10.2 Å². The summed E-state index contributed by atoms with van der Waals surface area (Å²) in [6.45, 7) is 14.8. The van der Waals surface area contributed by atoms with Crippen LogP contribution in [0.2, 0.25) is 0 Å². The van der Waals surface area contributed by atoms with Gasteiger partial charge in [-0.25, -0.2) is 0 Å². The molecule has 1 aromatic heterocycles. The van der Waals surface area contributed by atoms with Gasteiger partial charge in [0.05, 0.1) is 11.4 Å². The second-order valence-electron chi connectivity index (χ2n) is 2.61. The number of rotatable bonds is 4. The average molecular weight is 184 g/mol. The zero-order valence-electron chi connectivity index (χ0n) is 8.03. The third-order valence-corrected chi connectivity index (χ3v) is 1.90. The summed E-state index contributed by atoms with van der Waals surface area (Å²) in [5.74, 6) is 0. The molecule has 0 amide bonds. The maximum absolute atomic E-state index is 3.99. The maximum Gasteiger partial charge on any atom is 0.0930 e. The predicted octanol–water partition coefficient (Wildman–Crippen LogP) is 3.05. The lowest BCUT2D eigenvalue weighted by molar-refractivity contribution is 0.996. The molecule has 1 rings (SSSR count). The highest BCUT2D eigenvalue weighted by Gasteiger charge is 2.07. The summed E-state index contributed by atoms with van der Waals surface area (Å²) in [5, 5.41) is 7.98. The summed E-state index contributed by atoms with van der Waals surface area (Å²) in [4.78, 5) is 0. The Morgan fingerprint density at radius 2 is 1.00 bits per heavy atom. The minimum Gasteiger partial charge on any atom is -0.150 e. The van der Waals surface area contributed by atoms with Gasteiger partial charge in [0.25, 0.3) is 0 Å². The molecule has 0 fully saturated rings. The monoisotopic (exact) mass is 184 g/mol. The normalized spacial score (nSPS) is 9.14. The van der Waals surface area contributed by atoms with Crippen molar-refractivity contribution in [2.24, 2.45) is 0 Å². The van der Waals surface area contributed by atoms with Crippen LogP contribution in [0.25, 0.3) is 24.3 Å². The van der Waals surface area contributed by atoms with Crippen LogP contribution >= 0.6 is 0 Å². The average Bonchev–Trinajstić information content (AvgIpc) is 2.26. The Balaban J connectivity index is 3.58. The van der Waals surface area contributed by atoms with E-state index in [-0.39, 0.29) is 0 Å². The van der Waals surface area contributed by atoms with Gasteiger partial charge in [0.1, 0.15) is 0 Å². The van der Waals surface area contributed by atoms with Gasteiger partial charge < -0.3 is 0 Å². The Morgan fingerprint density at radius 1 is 0.643 bits per heavy atom. The fraction of sp³-hybridized carbons (Fsp3) is 0. The molecule has 0 bridgehead atoms. The molecule has 0 unspecified atom stereocenters. The first-order chi connectivity index (χ1) is 6.78. The highest BCUT2D eigenvalue weighted by molar-refractivity contribution is 5.74. The third kappa shape index (κ3) is 1.55. The van der Waals surface area contributed by atoms with E-state index in [2.05, 4.69) is 36.5 Å². The fourth-order valence-corrected chi connectivity index (χ4v) is 1.22. The number of hydrogen-bond donors (Lipinski definition) is 0. The Bertz CT molecular complexity index is 364. The zero-order valence-corrected chi connectivity index (χ0v) is 8.03. The lowest BCUT2D eigenvalue weighted by Crippen LogP contribution is -1.98. The Kier molecular flexibility index (Phi) is 3.13. The van der Waals surface area contributed by atoms with Gasteiger partial charge in [-0.05, 0) is 12.2 Å². The van der Waals surface area contributed by atoms with Crippen LogP contribution in [0, 0.1) is 0 Å². The largest absolute Gasteiger partial charge is 0.150 e. The van der Waals surface area contributed by atoms with Crippen LogP contribution < -0.4 is 0 Å². The van der Waals surface area contributed by atoms with E-state index in [1.165, 1.54) is 0 Å². The second-order valence-corrected chi connectivity index (χ2v) is 2.61. The van der Waals surface area contributed by atoms with Crippen molar-refractivity contribution in [1.29, 1.82) is 0 Å². The van der Waals surface area contributed by atoms with Crippen LogP contribution in [-0.4, -0.2) is 10.2 Å². The highest BCUT2D eigenvalue weighted by atomic mass is 15.1. The molecule has 70 valence electrons. The molecule has 0 N–H and O–H groups in total. The summed E-state index contributed by atoms with van der Waals surface area (Å²) >= 11 is 0. The van der Waals surface area contributed by atoms with Crippen molar-refractivity contribution in [3.05, 3.63) is 48.8 Å². The molecule has 0 spiro atoms. The fourth-order valence-electron chi connectivity index (χ4n) is 1.22. The second kappa shape index (κ2) is 4.33. The predicted molar refractivity (Wildman–Crippen MR) is 62.4 cm³/mol. The molecular formula is C12H12N2. The lowest BCUT2D eigenvalue weighted by atomic mass is 10.0. The van der Waals surface area contributed by atoms with E-state index in [1.54, 1.807) is 24.3 Å². The van der Waals surface area contributed by atoms with Crippen LogP contribution in [0.15, 0.2) is 26.3 Å². The molecule has 2 heteroatoms. The van der Waals surface area contributed by atoms with Crippen molar-refractivity contribution in [3.63, 3.8) is 0 Å². The van der Waals surface area contributed by atoms with E-state index < -0.39 is 0 Å². The van der Waals surface area contributed by atoms with Crippen molar-refractivity contribution in [3.8, 4) is 0 Å². The Labute approximate surface area is 84.0 Å². The molecule has 0 radical (unpaired) electrons. The topological polar surface area (TPSA) is 25.8 Å². The zero-order chi connectivity index (χ0) is 10.6. The van der Waals surface area contributed by atoms with E-state index in [9.17, 15) is 0 Å². The number of hydrogen-bond acceptors (Lipinski definition) is 2. The minimum atomic E-state index is 0.709. The van der Waals surface area contributed by atoms with Crippen molar-refractivity contribution < 1.29 is 0 Å². The Hall–Kier alpha value is -1.96. The molecule has 0 atom stereocenters. The molecule has 0 aliphatic rings. The molecule has 1 heterocycles. The van der Waals surface area contributed by atoms with Gasteiger partial charge in [-0.2, -0.15) is 0 Å². The first-order valence-corrected chi connectivity index (χ1v) is 4.18. The molecular weight excluding hydrogens is 172 g/mol. The van der Waals surface area contributed by atoms with Gasteiger partial charge in [0, 0.05) is 11.1 Å². The molecule has 2 nitrogen and oxygen atoms in total. The maximum atomic E-state index is 3.99. The number of aromatic nitrogens is 2. The van der Waals surface area contributed by atoms with Crippen LogP contribution in [0.1, 0.15) is 22.5 Å².